The van der Waals surface area contributed by atoms with Crippen molar-refractivity contribution in [3.8, 4) is 39.6 Å². The molecule has 0 bridgehead atoms. The van der Waals surface area contributed by atoms with Crippen molar-refractivity contribution in [2.45, 2.75) is 0 Å². The van der Waals surface area contributed by atoms with Crippen molar-refractivity contribution in [1.82, 2.24) is 9.97 Å². The fraction of sp³-hybridized carbons (Fsp3) is 0.115. The van der Waals surface area contributed by atoms with Gasteiger partial charge in [-0.2, -0.15) is 0 Å². The van der Waals surface area contributed by atoms with Gasteiger partial charge in [0, 0.05) is 28.9 Å². The van der Waals surface area contributed by atoms with Gasteiger partial charge in [-0.05, 0) is 64.4 Å². The Labute approximate surface area is 180 Å². The first-order valence-electron chi connectivity index (χ1n) is 9.98. The van der Waals surface area contributed by atoms with Crippen LogP contribution in [0.15, 0.2) is 73.1 Å². The van der Waals surface area contributed by atoms with Gasteiger partial charge in [0.05, 0.1) is 27.0 Å². The molecule has 5 rings (SSSR count). The van der Waals surface area contributed by atoms with E-state index >= 15 is 0 Å². The summed E-state index contributed by atoms with van der Waals surface area (Å²) in [5.41, 5.74) is 5.19. The third-order valence-electron chi connectivity index (χ3n) is 5.59. The topological polar surface area (TPSA) is 56.4 Å². The molecule has 0 fully saturated rings. The normalized spacial score (nSPS) is 11.1. The number of methoxy groups -OCH3 is 3. The van der Waals surface area contributed by atoms with Gasteiger partial charge in [0.25, 0.3) is 0 Å². The number of benzene rings is 3. The van der Waals surface area contributed by atoms with Gasteiger partial charge in [0.1, 0.15) is 0 Å². The average molecular weight is 410 g/mol. The van der Waals surface area contributed by atoms with E-state index in [0.29, 0.717) is 17.2 Å². The van der Waals surface area contributed by atoms with Crippen LogP contribution in [0.25, 0.3) is 44.1 Å². The lowest BCUT2D eigenvalue weighted by atomic mass is 9.97. The fourth-order valence-corrected chi connectivity index (χ4v) is 4.03. The van der Waals surface area contributed by atoms with Gasteiger partial charge in [0.2, 0.25) is 5.75 Å². The van der Waals surface area contributed by atoms with E-state index < -0.39 is 0 Å². The molecule has 0 aliphatic rings. The largest absolute Gasteiger partial charge is 0.493 e. The molecule has 154 valence electrons. The number of nitrogens with one attached hydrogen (secondary N) is 1. The SMILES string of the molecule is COc1cc(-c2nccc3ccc(-c4ccc5[nH]ccc5c4)cc23)cc(OC)c1OC. The van der Waals surface area contributed by atoms with Crippen LogP contribution in [0.5, 0.6) is 17.2 Å². The van der Waals surface area contributed by atoms with Crippen molar-refractivity contribution in [3.63, 3.8) is 0 Å². The number of ether oxygens (including phenoxy) is 3. The molecule has 5 heteroatoms. The highest BCUT2D eigenvalue weighted by molar-refractivity contribution is 5.98. The van der Waals surface area contributed by atoms with Gasteiger partial charge in [0.15, 0.2) is 11.5 Å². The summed E-state index contributed by atoms with van der Waals surface area (Å²) < 4.78 is 16.6. The molecule has 2 aromatic heterocycles. The Hall–Kier alpha value is -3.99. The van der Waals surface area contributed by atoms with Crippen molar-refractivity contribution in [3.05, 3.63) is 73.1 Å². The van der Waals surface area contributed by atoms with Crippen LogP contribution in [0.2, 0.25) is 0 Å². The maximum atomic E-state index is 5.54. The van der Waals surface area contributed by atoms with E-state index in [1.165, 1.54) is 5.39 Å². The van der Waals surface area contributed by atoms with Crippen LogP contribution in [0.3, 0.4) is 0 Å². The second-order valence-electron chi connectivity index (χ2n) is 7.29. The minimum absolute atomic E-state index is 0.564. The minimum Gasteiger partial charge on any atom is -0.493 e. The van der Waals surface area contributed by atoms with Crippen molar-refractivity contribution >= 4 is 21.7 Å². The highest BCUT2D eigenvalue weighted by atomic mass is 16.5. The second-order valence-corrected chi connectivity index (χ2v) is 7.29. The van der Waals surface area contributed by atoms with Crippen LogP contribution in [-0.2, 0) is 0 Å². The molecule has 0 saturated carbocycles. The summed E-state index contributed by atoms with van der Waals surface area (Å²) in [6, 6.07) is 20.9. The van der Waals surface area contributed by atoms with Gasteiger partial charge in [-0.1, -0.05) is 18.2 Å². The van der Waals surface area contributed by atoms with Crippen molar-refractivity contribution in [1.29, 1.82) is 0 Å². The Kier molecular flexibility index (Phi) is 4.71. The lowest BCUT2D eigenvalue weighted by Crippen LogP contribution is -1.96. The predicted octanol–water partition coefficient (Wildman–Crippen LogP) is 6.08. The van der Waals surface area contributed by atoms with Gasteiger partial charge in [-0.25, -0.2) is 0 Å². The number of rotatable bonds is 5. The van der Waals surface area contributed by atoms with Gasteiger partial charge in [-0.15, -0.1) is 0 Å². The van der Waals surface area contributed by atoms with Crippen LogP contribution in [0.4, 0.5) is 0 Å². The van der Waals surface area contributed by atoms with E-state index in [1.807, 2.05) is 30.6 Å². The molecule has 31 heavy (non-hydrogen) atoms. The molecule has 0 spiro atoms. The molecule has 2 heterocycles. The lowest BCUT2D eigenvalue weighted by Gasteiger charge is -2.15. The Bertz CT molecular complexity index is 1380. The number of nitrogens with zero attached hydrogens (tertiary/aromatic N) is 1. The molecule has 0 aliphatic carbocycles. The molecule has 0 aliphatic heterocycles. The first kappa shape index (κ1) is 19.0. The number of hydrogen-bond acceptors (Lipinski definition) is 4. The third kappa shape index (κ3) is 3.24. The first-order valence-corrected chi connectivity index (χ1v) is 9.98. The molecule has 1 N–H and O–H groups in total. The molecule has 5 aromatic rings. The second kappa shape index (κ2) is 7.69. The average Bonchev–Trinajstić information content (AvgIpc) is 3.30. The van der Waals surface area contributed by atoms with Crippen LogP contribution >= 0.6 is 0 Å². The van der Waals surface area contributed by atoms with E-state index in [4.69, 9.17) is 19.2 Å². The van der Waals surface area contributed by atoms with E-state index in [1.54, 1.807) is 21.3 Å². The summed E-state index contributed by atoms with van der Waals surface area (Å²) in [5, 5.41) is 3.36. The smallest absolute Gasteiger partial charge is 0.203 e. The molecule has 0 atom stereocenters. The van der Waals surface area contributed by atoms with Crippen molar-refractivity contribution in [2.24, 2.45) is 0 Å². The van der Waals surface area contributed by atoms with E-state index in [-0.39, 0.29) is 0 Å². The fourth-order valence-electron chi connectivity index (χ4n) is 4.03. The lowest BCUT2D eigenvalue weighted by molar-refractivity contribution is 0.324. The zero-order valence-electron chi connectivity index (χ0n) is 17.6. The molecule has 0 saturated heterocycles. The highest BCUT2D eigenvalue weighted by Crippen LogP contribution is 2.42. The Morgan fingerprint density at radius 3 is 2.16 bits per heavy atom. The van der Waals surface area contributed by atoms with Crippen LogP contribution < -0.4 is 14.2 Å². The van der Waals surface area contributed by atoms with Gasteiger partial charge < -0.3 is 19.2 Å². The molecule has 0 radical (unpaired) electrons. The van der Waals surface area contributed by atoms with Gasteiger partial charge >= 0.3 is 0 Å². The summed E-state index contributed by atoms with van der Waals surface area (Å²) in [7, 11) is 4.84. The first-order chi connectivity index (χ1) is 15.2. The number of H-pyrrole nitrogens is 1. The van der Waals surface area contributed by atoms with E-state index in [2.05, 4.69) is 47.4 Å². The number of hydrogen-bond donors (Lipinski definition) is 1. The molecule has 0 unspecified atom stereocenters. The van der Waals surface area contributed by atoms with Gasteiger partial charge in [-0.3, -0.25) is 4.98 Å². The Morgan fingerprint density at radius 2 is 1.42 bits per heavy atom. The maximum absolute atomic E-state index is 5.54. The zero-order chi connectivity index (χ0) is 21.4. The monoisotopic (exact) mass is 410 g/mol. The van der Waals surface area contributed by atoms with Crippen molar-refractivity contribution in [2.75, 3.05) is 21.3 Å². The predicted molar refractivity (Wildman–Crippen MR) is 124 cm³/mol. The summed E-state index contributed by atoms with van der Waals surface area (Å²) in [5.74, 6) is 1.77. The van der Waals surface area contributed by atoms with E-state index in [9.17, 15) is 0 Å². The Morgan fingerprint density at radius 1 is 0.677 bits per heavy atom. The maximum Gasteiger partial charge on any atom is 0.203 e. The molecule has 0 amide bonds. The molecule has 5 nitrogen and oxygen atoms in total. The summed E-state index contributed by atoms with van der Waals surface area (Å²) in [6.07, 6.45) is 3.79. The number of aromatic nitrogens is 2. The van der Waals surface area contributed by atoms with E-state index in [0.717, 1.165) is 38.7 Å². The quantitative estimate of drug-likeness (QED) is 0.382. The van der Waals surface area contributed by atoms with Crippen LogP contribution in [0.1, 0.15) is 0 Å². The summed E-state index contributed by atoms with van der Waals surface area (Å²) >= 11 is 0. The minimum atomic E-state index is 0.564. The highest BCUT2D eigenvalue weighted by Gasteiger charge is 2.16. The van der Waals surface area contributed by atoms with Crippen LogP contribution in [-0.4, -0.2) is 31.3 Å². The molecular weight excluding hydrogens is 388 g/mol. The van der Waals surface area contributed by atoms with Crippen LogP contribution in [0, 0.1) is 0 Å². The molecular formula is C26H22N2O3. The zero-order valence-corrected chi connectivity index (χ0v) is 17.6. The third-order valence-corrected chi connectivity index (χ3v) is 5.59. The standard InChI is InChI=1S/C26H22N2O3/c1-29-23-14-20(15-24(30-2)26(23)31-3)25-21-13-18(5-4-16(21)8-11-28-25)17-6-7-22-19(12-17)9-10-27-22/h4-15,27H,1-3H3. The molecule has 3 aromatic carbocycles. The summed E-state index contributed by atoms with van der Waals surface area (Å²) in [6.45, 7) is 0. The summed E-state index contributed by atoms with van der Waals surface area (Å²) in [4.78, 5) is 7.95. The van der Waals surface area contributed by atoms with Crippen molar-refractivity contribution < 1.29 is 14.2 Å². The number of aromatic amines is 1. The number of pyridine rings is 1. The number of fused-ring (bicyclic) bond motifs is 2. The Balaban J connectivity index is 1.70.